The lowest BCUT2D eigenvalue weighted by molar-refractivity contribution is -0.117. The summed E-state index contributed by atoms with van der Waals surface area (Å²) in [4.78, 5) is 16.7. The van der Waals surface area contributed by atoms with Crippen molar-refractivity contribution in [2.75, 3.05) is 38.0 Å². The number of hydrogen-bond acceptors (Lipinski definition) is 3. The van der Waals surface area contributed by atoms with Crippen molar-refractivity contribution in [3.63, 3.8) is 0 Å². The SMILES string of the molecule is O=C(CN1CCN(Cc2ccc(Cl)cc2Cl)CC1)Nc1ccc(Cl)c(Cl)c1. The number of rotatable bonds is 5. The quantitative estimate of drug-likeness (QED) is 0.697. The molecule has 0 unspecified atom stereocenters. The summed E-state index contributed by atoms with van der Waals surface area (Å²) in [6, 6.07) is 10.6. The van der Waals surface area contributed by atoms with Gasteiger partial charge in [-0.25, -0.2) is 0 Å². The van der Waals surface area contributed by atoms with Crippen molar-refractivity contribution in [3.8, 4) is 0 Å². The molecule has 1 aliphatic heterocycles. The Morgan fingerprint density at radius 1 is 0.852 bits per heavy atom. The standard InChI is InChI=1S/C19H19Cl4N3O/c20-14-2-1-13(17(22)9-14)11-25-5-7-26(8-6-25)12-19(27)24-15-3-4-16(21)18(23)10-15/h1-4,9-10H,5-8,11-12H2,(H,24,27). The predicted octanol–water partition coefficient (Wildman–Crippen LogP) is 5.06. The molecule has 0 spiro atoms. The summed E-state index contributed by atoms with van der Waals surface area (Å²) < 4.78 is 0. The van der Waals surface area contributed by atoms with E-state index in [4.69, 9.17) is 46.4 Å². The van der Waals surface area contributed by atoms with E-state index in [1.54, 1.807) is 24.3 Å². The summed E-state index contributed by atoms with van der Waals surface area (Å²) in [5, 5.41) is 5.06. The molecular formula is C19H19Cl4N3O. The van der Waals surface area contributed by atoms with Crippen LogP contribution in [-0.4, -0.2) is 48.4 Å². The van der Waals surface area contributed by atoms with Crippen molar-refractivity contribution < 1.29 is 4.79 Å². The lowest BCUT2D eigenvalue weighted by Crippen LogP contribution is -2.48. The molecule has 144 valence electrons. The van der Waals surface area contributed by atoms with Gasteiger partial charge in [-0.15, -0.1) is 0 Å². The van der Waals surface area contributed by atoms with E-state index in [9.17, 15) is 4.79 Å². The van der Waals surface area contributed by atoms with E-state index >= 15 is 0 Å². The average molecular weight is 447 g/mol. The van der Waals surface area contributed by atoms with Gasteiger partial charge in [-0.3, -0.25) is 14.6 Å². The summed E-state index contributed by atoms with van der Waals surface area (Å²) in [5.41, 5.74) is 1.71. The molecule has 0 aromatic heterocycles. The van der Waals surface area contributed by atoms with Crippen LogP contribution in [0, 0.1) is 0 Å². The Labute approximate surface area is 178 Å². The fraction of sp³-hybridized carbons (Fsp3) is 0.316. The predicted molar refractivity (Wildman–Crippen MR) is 113 cm³/mol. The van der Waals surface area contributed by atoms with E-state index in [0.29, 0.717) is 32.3 Å². The van der Waals surface area contributed by atoms with Gasteiger partial charge in [0.15, 0.2) is 0 Å². The first kappa shape index (κ1) is 20.7. The Morgan fingerprint density at radius 2 is 1.56 bits per heavy atom. The molecule has 2 aromatic carbocycles. The molecule has 1 fully saturated rings. The van der Waals surface area contributed by atoms with Crippen molar-refractivity contribution in [2.45, 2.75) is 6.54 Å². The van der Waals surface area contributed by atoms with Gasteiger partial charge in [0.1, 0.15) is 0 Å². The summed E-state index contributed by atoms with van der Waals surface area (Å²) >= 11 is 24.1. The molecular weight excluding hydrogens is 428 g/mol. The topological polar surface area (TPSA) is 35.6 Å². The number of hydrogen-bond donors (Lipinski definition) is 1. The second-order valence-corrected chi connectivity index (χ2v) is 8.12. The Kier molecular flexibility index (Phi) is 7.26. The van der Waals surface area contributed by atoms with Crippen LogP contribution >= 0.6 is 46.4 Å². The average Bonchev–Trinajstić information content (AvgIpc) is 2.62. The van der Waals surface area contributed by atoms with Crippen molar-refractivity contribution >= 4 is 58.0 Å². The van der Waals surface area contributed by atoms with E-state index in [1.807, 2.05) is 12.1 Å². The van der Waals surface area contributed by atoms with E-state index < -0.39 is 0 Å². The van der Waals surface area contributed by atoms with Crippen molar-refractivity contribution in [1.29, 1.82) is 0 Å². The van der Waals surface area contributed by atoms with E-state index in [-0.39, 0.29) is 5.91 Å². The molecule has 2 aromatic rings. The molecule has 1 saturated heterocycles. The highest BCUT2D eigenvalue weighted by Gasteiger charge is 2.20. The third-order valence-electron chi connectivity index (χ3n) is 4.44. The van der Waals surface area contributed by atoms with Crippen LogP contribution in [0.15, 0.2) is 36.4 Å². The van der Waals surface area contributed by atoms with Crippen molar-refractivity contribution in [1.82, 2.24) is 9.80 Å². The second kappa shape index (κ2) is 9.46. The molecule has 1 aliphatic rings. The van der Waals surface area contributed by atoms with Gasteiger partial charge >= 0.3 is 0 Å². The van der Waals surface area contributed by atoms with Crippen LogP contribution in [0.25, 0.3) is 0 Å². The third-order valence-corrected chi connectivity index (χ3v) is 5.77. The van der Waals surface area contributed by atoms with E-state index in [1.165, 1.54) is 0 Å². The van der Waals surface area contributed by atoms with Crippen LogP contribution in [-0.2, 0) is 11.3 Å². The van der Waals surface area contributed by atoms with Gasteiger partial charge in [-0.1, -0.05) is 52.5 Å². The first-order valence-corrected chi connectivity index (χ1v) is 10.1. The normalized spacial score (nSPS) is 15.7. The number of amides is 1. The lowest BCUT2D eigenvalue weighted by atomic mass is 10.2. The van der Waals surface area contributed by atoms with Gasteiger partial charge < -0.3 is 5.32 Å². The fourth-order valence-corrected chi connectivity index (χ4v) is 3.74. The molecule has 0 radical (unpaired) electrons. The molecule has 1 amide bonds. The minimum Gasteiger partial charge on any atom is -0.325 e. The third kappa shape index (κ3) is 5.98. The van der Waals surface area contributed by atoms with E-state index in [0.717, 1.165) is 38.3 Å². The Balaban J connectivity index is 1.46. The summed E-state index contributed by atoms with van der Waals surface area (Å²) in [6.07, 6.45) is 0. The number of benzene rings is 2. The number of anilines is 1. The van der Waals surface area contributed by atoms with Gasteiger partial charge in [0, 0.05) is 48.5 Å². The fourth-order valence-electron chi connectivity index (χ4n) is 2.97. The molecule has 0 atom stereocenters. The lowest BCUT2D eigenvalue weighted by Gasteiger charge is -2.34. The maximum absolute atomic E-state index is 12.3. The molecule has 0 bridgehead atoms. The van der Waals surface area contributed by atoms with Crippen LogP contribution < -0.4 is 5.32 Å². The number of nitrogens with one attached hydrogen (secondary N) is 1. The number of carbonyl (C=O) groups excluding carboxylic acids is 1. The van der Waals surface area contributed by atoms with Crippen molar-refractivity contribution in [2.24, 2.45) is 0 Å². The van der Waals surface area contributed by atoms with Gasteiger partial charge in [0.25, 0.3) is 0 Å². The maximum Gasteiger partial charge on any atom is 0.238 e. The number of piperazine rings is 1. The zero-order valence-electron chi connectivity index (χ0n) is 14.5. The minimum absolute atomic E-state index is 0.0671. The van der Waals surface area contributed by atoms with Crippen LogP contribution in [0.1, 0.15) is 5.56 Å². The van der Waals surface area contributed by atoms with Gasteiger partial charge in [0.05, 0.1) is 16.6 Å². The molecule has 1 N–H and O–H groups in total. The molecule has 0 aliphatic carbocycles. The Hall–Kier alpha value is -1.01. The monoisotopic (exact) mass is 445 g/mol. The first-order chi connectivity index (χ1) is 12.9. The largest absolute Gasteiger partial charge is 0.325 e. The zero-order chi connectivity index (χ0) is 19.4. The second-order valence-electron chi connectivity index (χ2n) is 6.47. The molecule has 8 heteroatoms. The first-order valence-electron chi connectivity index (χ1n) is 8.54. The molecule has 3 rings (SSSR count). The summed E-state index contributed by atoms with van der Waals surface area (Å²) in [7, 11) is 0. The molecule has 1 heterocycles. The van der Waals surface area contributed by atoms with Crippen LogP contribution in [0.2, 0.25) is 20.1 Å². The highest BCUT2D eigenvalue weighted by Crippen LogP contribution is 2.25. The highest BCUT2D eigenvalue weighted by molar-refractivity contribution is 6.42. The molecule has 0 saturated carbocycles. The number of carbonyl (C=O) groups is 1. The maximum atomic E-state index is 12.3. The molecule has 4 nitrogen and oxygen atoms in total. The van der Waals surface area contributed by atoms with Crippen LogP contribution in [0.5, 0.6) is 0 Å². The summed E-state index contributed by atoms with van der Waals surface area (Å²) in [5.74, 6) is -0.0671. The molecule has 27 heavy (non-hydrogen) atoms. The van der Waals surface area contributed by atoms with E-state index in [2.05, 4.69) is 15.1 Å². The van der Waals surface area contributed by atoms with Crippen molar-refractivity contribution in [3.05, 3.63) is 62.1 Å². The van der Waals surface area contributed by atoms with Gasteiger partial charge in [0.2, 0.25) is 5.91 Å². The van der Waals surface area contributed by atoms with Gasteiger partial charge in [-0.2, -0.15) is 0 Å². The zero-order valence-corrected chi connectivity index (χ0v) is 17.5. The Bertz CT molecular complexity index is 823. The number of nitrogens with zero attached hydrogens (tertiary/aromatic N) is 2. The summed E-state index contributed by atoms with van der Waals surface area (Å²) in [6.45, 7) is 4.51. The van der Waals surface area contributed by atoms with Gasteiger partial charge in [-0.05, 0) is 35.9 Å². The Morgan fingerprint density at radius 3 is 2.22 bits per heavy atom. The smallest absolute Gasteiger partial charge is 0.238 e. The highest BCUT2D eigenvalue weighted by atomic mass is 35.5. The van der Waals surface area contributed by atoms with Crippen LogP contribution in [0.3, 0.4) is 0 Å². The van der Waals surface area contributed by atoms with Crippen LogP contribution in [0.4, 0.5) is 5.69 Å². The number of halogens is 4. The minimum atomic E-state index is -0.0671.